The molecule has 1 amide bonds. The van der Waals surface area contributed by atoms with Crippen LogP contribution in [0.15, 0.2) is 18.2 Å². The van der Waals surface area contributed by atoms with Gasteiger partial charge in [0.2, 0.25) is 0 Å². The lowest BCUT2D eigenvalue weighted by Crippen LogP contribution is -2.38. The average Bonchev–Trinajstić information content (AvgIpc) is 3.06. The predicted octanol–water partition coefficient (Wildman–Crippen LogP) is 1.92. The van der Waals surface area contributed by atoms with Gasteiger partial charge in [-0.05, 0) is 38.4 Å². The van der Waals surface area contributed by atoms with Gasteiger partial charge in [-0.15, -0.1) is 0 Å². The number of nitrogens with one attached hydrogen (secondary N) is 2. The maximum absolute atomic E-state index is 12.2. The first kappa shape index (κ1) is 17.2. The van der Waals surface area contributed by atoms with Crippen molar-refractivity contribution in [2.75, 3.05) is 31.1 Å². The molecule has 0 aromatic heterocycles. The molecule has 1 aliphatic rings. The van der Waals surface area contributed by atoms with E-state index in [2.05, 4.69) is 10.6 Å². The van der Waals surface area contributed by atoms with Crippen LogP contribution >= 0.6 is 0 Å². The number of benzene rings is 1. The van der Waals surface area contributed by atoms with Crippen molar-refractivity contribution in [3.8, 4) is 0 Å². The molecule has 0 aliphatic carbocycles. The lowest BCUT2D eigenvalue weighted by molar-refractivity contribution is -0.384. The lowest BCUT2D eigenvalue weighted by Gasteiger charge is -2.18. The molecule has 2 N–H and O–H groups in total. The Morgan fingerprint density at radius 1 is 1.39 bits per heavy atom. The lowest BCUT2D eigenvalue weighted by atomic mass is 10.1. The van der Waals surface area contributed by atoms with Crippen LogP contribution in [0.1, 0.15) is 37.0 Å². The Labute approximate surface area is 136 Å². The number of carbonyl (C=O) groups excluding carboxylic acids is 1. The molecule has 7 heteroatoms. The molecule has 0 radical (unpaired) electrons. The largest absolute Gasteiger partial charge is 0.366 e. The molecule has 0 saturated carbocycles. The molecule has 1 fully saturated rings. The molecule has 7 nitrogen and oxygen atoms in total. The summed E-state index contributed by atoms with van der Waals surface area (Å²) in [6, 6.07) is 4.88. The summed E-state index contributed by atoms with van der Waals surface area (Å²) in [7, 11) is 0. The van der Waals surface area contributed by atoms with E-state index in [9.17, 15) is 14.9 Å². The van der Waals surface area contributed by atoms with E-state index in [0.717, 1.165) is 32.5 Å². The van der Waals surface area contributed by atoms with Gasteiger partial charge in [-0.1, -0.05) is 6.92 Å². The fraction of sp³-hybridized carbons (Fsp3) is 0.562. The van der Waals surface area contributed by atoms with Crippen molar-refractivity contribution in [1.82, 2.24) is 10.6 Å². The molecule has 1 saturated heterocycles. The minimum Gasteiger partial charge on any atom is -0.366 e. The highest BCUT2D eigenvalue weighted by Crippen LogP contribution is 2.31. The number of hydrogen-bond acceptors (Lipinski definition) is 5. The van der Waals surface area contributed by atoms with Crippen LogP contribution < -0.4 is 15.5 Å². The predicted molar refractivity (Wildman–Crippen MR) is 90.0 cm³/mol. The van der Waals surface area contributed by atoms with E-state index < -0.39 is 4.92 Å². The Morgan fingerprint density at radius 2 is 2.09 bits per heavy atom. The fourth-order valence-corrected chi connectivity index (χ4v) is 2.80. The zero-order chi connectivity index (χ0) is 16.8. The highest BCUT2D eigenvalue weighted by Gasteiger charge is 2.23. The average molecular weight is 320 g/mol. The van der Waals surface area contributed by atoms with Crippen LogP contribution in [0.25, 0.3) is 0 Å². The Hall–Kier alpha value is -2.15. The van der Waals surface area contributed by atoms with E-state index in [0.29, 0.717) is 17.8 Å². The number of anilines is 1. The van der Waals surface area contributed by atoms with E-state index in [4.69, 9.17) is 0 Å². The van der Waals surface area contributed by atoms with E-state index >= 15 is 0 Å². The summed E-state index contributed by atoms with van der Waals surface area (Å²) in [4.78, 5) is 25.1. The van der Waals surface area contributed by atoms with Gasteiger partial charge in [0.15, 0.2) is 0 Å². The van der Waals surface area contributed by atoms with Crippen LogP contribution in [0.2, 0.25) is 0 Å². The highest BCUT2D eigenvalue weighted by molar-refractivity contribution is 5.95. The van der Waals surface area contributed by atoms with E-state index in [1.54, 1.807) is 12.1 Å². The number of amides is 1. The van der Waals surface area contributed by atoms with Gasteiger partial charge < -0.3 is 15.5 Å². The number of nitro groups is 1. The van der Waals surface area contributed by atoms with Crippen LogP contribution in [0.5, 0.6) is 0 Å². The van der Waals surface area contributed by atoms with Gasteiger partial charge in [0, 0.05) is 37.3 Å². The summed E-state index contributed by atoms with van der Waals surface area (Å²) in [5.74, 6) is -0.286. The summed E-state index contributed by atoms with van der Waals surface area (Å²) in [5.41, 5.74) is 0.924. The highest BCUT2D eigenvalue weighted by atomic mass is 16.6. The zero-order valence-corrected chi connectivity index (χ0v) is 13.7. The quantitative estimate of drug-likeness (QED) is 0.592. The smallest absolute Gasteiger partial charge is 0.293 e. The summed E-state index contributed by atoms with van der Waals surface area (Å²) in [6.07, 6.45) is 2.09. The molecule has 2 rings (SSSR count). The van der Waals surface area contributed by atoms with Gasteiger partial charge in [-0.2, -0.15) is 0 Å². The summed E-state index contributed by atoms with van der Waals surface area (Å²) in [6.45, 7) is 6.93. The van der Waals surface area contributed by atoms with Gasteiger partial charge in [0.05, 0.1) is 4.92 Å². The maximum atomic E-state index is 12.2. The van der Waals surface area contributed by atoms with Crippen molar-refractivity contribution in [2.24, 2.45) is 0 Å². The number of hydrogen-bond donors (Lipinski definition) is 2. The normalized spacial score (nSPS) is 15.5. The van der Waals surface area contributed by atoms with Gasteiger partial charge in [0.25, 0.3) is 11.6 Å². The van der Waals surface area contributed by atoms with E-state index in [1.165, 1.54) is 6.07 Å². The zero-order valence-electron chi connectivity index (χ0n) is 13.7. The van der Waals surface area contributed by atoms with Gasteiger partial charge in [-0.25, -0.2) is 0 Å². The van der Waals surface area contributed by atoms with Gasteiger partial charge in [-0.3, -0.25) is 14.9 Å². The number of nitrogens with zero attached hydrogens (tertiary/aromatic N) is 2. The standard InChI is InChI=1S/C16H24N4O3/c1-3-17-12(2)11-18-16(21)13-6-7-14(15(10-13)20(22)23)19-8-4-5-9-19/h6-7,10,12,17H,3-5,8-9,11H2,1-2H3,(H,18,21)/t12-/m1/s1. The molecule has 1 atom stereocenters. The molecule has 0 spiro atoms. The van der Waals surface area contributed by atoms with Crippen LogP contribution in [0, 0.1) is 10.1 Å². The third kappa shape index (κ3) is 4.41. The molecule has 1 aromatic carbocycles. The molecule has 1 aromatic rings. The van der Waals surface area contributed by atoms with Crippen molar-refractivity contribution >= 4 is 17.3 Å². The first-order valence-electron chi connectivity index (χ1n) is 8.08. The molecule has 0 unspecified atom stereocenters. The molecule has 0 bridgehead atoms. The molecule has 126 valence electrons. The van der Waals surface area contributed by atoms with Crippen LogP contribution in [-0.2, 0) is 0 Å². The monoisotopic (exact) mass is 320 g/mol. The fourth-order valence-electron chi connectivity index (χ4n) is 2.80. The third-order valence-electron chi connectivity index (χ3n) is 4.00. The summed E-state index contributed by atoms with van der Waals surface area (Å²) >= 11 is 0. The topological polar surface area (TPSA) is 87.5 Å². The second-order valence-corrected chi connectivity index (χ2v) is 5.82. The van der Waals surface area contributed by atoms with Gasteiger partial charge >= 0.3 is 0 Å². The Bertz CT molecular complexity index is 570. The van der Waals surface area contributed by atoms with Crippen molar-refractivity contribution < 1.29 is 9.72 Å². The number of nitro benzene ring substituents is 1. The van der Waals surface area contributed by atoms with Crippen LogP contribution in [0.3, 0.4) is 0 Å². The first-order valence-corrected chi connectivity index (χ1v) is 8.08. The molecular weight excluding hydrogens is 296 g/mol. The Balaban J connectivity index is 2.12. The maximum Gasteiger partial charge on any atom is 0.293 e. The van der Waals surface area contributed by atoms with Crippen molar-refractivity contribution in [3.63, 3.8) is 0 Å². The van der Waals surface area contributed by atoms with Crippen molar-refractivity contribution in [2.45, 2.75) is 32.7 Å². The first-order chi connectivity index (χ1) is 11.0. The molecule has 1 aliphatic heterocycles. The third-order valence-corrected chi connectivity index (χ3v) is 4.00. The Kier molecular flexibility index (Phi) is 5.92. The SMILES string of the molecule is CCN[C@H](C)CNC(=O)c1ccc(N2CCCC2)c([N+](=O)[O-])c1. The second-order valence-electron chi connectivity index (χ2n) is 5.82. The number of carbonyl (C=O) groups is 1. The number of rotatable bonds is 7. The molecular formula is C16H24N4O3. The van der Waals surface area contributed by atoms with Crippen LogP contribution in [0.4, 0.5) is 11.4 Å². The summed E-state index contributed by atoms with van der Waals surface area (Å²) < 4.78 is 0. The van der Waals surface area contributed by atoms with E-state index in [-0.39, 0.29) is 17.6 Å². The van der Waals surface area contributed by atoms with E-state index in [1.807, 2.05) is 18.7 Å². The molecule has 1 heterocycles. The van der Waals surface area contributed by atoms with Crippen molar-refractivity contribution in [3.05, 3.63) is 33.9 Å². The van der Waals surface area contributed by atoms with Gasteiger partial charge in [0.1, 0.15) is 5.69 Å². The second kappa shape index (κ2) is 7.92. The Morgan fingerprint density at radius 3 is 2.70 bits per heavy atom. The minimum atomic E-state index is -0.411. The number of likely N-dealkylation sites (N-methyl/N-ethyl adjacent to an activating group) is 1. The minimum absolute atomic E-state index is 0.000665. The van der Waals surface area contributed by atoms with Crippen molar-refractivity contribution in [1.29, 1.82) is 0 Å². The van der Waals surface area contributed by atoms with Crippen LogP contribution in [-0.4, -0.2) is 43.1 Å². The summed E-state index contributed by atoms with van der Waals surface area (Å²) in [5, 5.41) is 17.3. The molecule has 23 heavy (non-hydrogen) atoms.